The van der Waals surface area contributed by atoms with Crippen LogP contribution < -0.4 is 15.0 Å². The molecule has 2 heterocycles. The van der Waals surface area contributed by atoms with Crippen LogP contribution in [0.4, 0.5) is 15.4 Å². The molecule has 0 saturated carbocycles. The van der Waals surface area contributed by atoms with Gasteiger partial charge < -0.3 is 29.3 Å². The average Bonchev–Trinajstić information content (AvgIpc) is 2.81. The van der Waals surface area contributed by atoms with Crippen molar-refractivity contribution in [2.45, 2.75) is 59.3 Å². The van der Waals surface area contributed by atoms with Gasteiger partial charge in [0, 0.05) is 38.9 Å². The number of carbonyl (C=O) groups is 3. The lowest BCUT2D eigenvalue weighted by atomic mass is 10.2. The summed E-state index contributed by atoms with van der Waals surface area (Å²) in [5.74, 6) is 0.233. The van der Waals surface area contributed by atoms with Crippen LogP contribution in [0, 0.1) is 0 Å². The van der Waals surface area contributed by atoms with E-state index in [-0.39, 0.29) is 18.2 Å². The number of aromatic nitrogens is 1. The maximum absolute atomic E-state index is 12.7. The average molecular weight is 547 g/mol. The molecule has 10 nitrogen and oxygen atoms in total. The van der Waals surface area contributed by atoms with E-state index in [0.29, 0.717) is 42.8 Å². The van der Waals surface area contributed by atoms with Gasteiger partial charge in [0.25, 0.3) is 0 Å². The highest BCUT2D eigenvalue weighted by Gasteiger charge is 2.27. The Bertz CT molecular complexity index is 1170. The van der Waals surface area contributed by atoms with Gasteiger partial charge in [-0.2, -0.15) is 0 Å². The fraction of sp³-hybridized carbons (Fsp3) is 0.481. The number of piperazine rings is 1. The van der Waals surface area contributed by atoms with Gasteiger partial charge in [-0.3, -0.25) is 0 Å². The molecule has 1 fully saturated rings. The monoisotopic (exact) mass is 546 g/mol. The summed E-state index contributed by atoms with van der Waals surface area (Å²) in [4.78, 5) is 44.9. The predicted molar refractivity (Wildman–Crippen MR) is 144 cm³/mol. The Hall–Kier alpha value is -3.53. The van der Waals surface area contributed by atoms with Crippen molar-refractivity contribution in [3.05, 3.63) is 52.7 Å². The first-order valence-electron chi connectivity index (χ1n) is 12.4. The van der Waals surface area contributed by atoms with E-state index in [1.807, 2.05) is 25.7 Å². The minimum Gasteiger partial charge on any atom is -0.444 e. The molecule has 1 saturated heterocycles. The summed E-state index contributed by atoms with van der Waals surface area (Å²) in [6.45, 7) is 13.1. The SMILES string of the molecule is CC(C)(C)OC(=O)NCc1cccc(OC(=O)c2cnc(N3CCN(C(=O)OC(C)(C)C)CC3)c(Cl)c2)c1. The molecule has 3 rings (SSSR count). The fourth-order valence-corrected chi connectivity index (χ4v) is 3.86. The molecule has 0 radical (unpaired) electrons. The maximum Gasteiger partial charge on any atom is 0.410 e. The molecule has 206 valence electrons. The van der Waals surface area contributed by atoms with Gasteiger partial charge in [-0.25, -0.2) is 19.4 Å². The molecule has 2 aromatic rings. The fourth-order valence-electron chi connectivity index (χ4n) is 3.58. The van der Waals surface area contributed by atoms with Crippen LogP contribution in [0.3, 0.4) is 0 Å². The van der Waals surface area contributed by atoms with Crippen molar-refractivity contribution in [1.82, 2.24) is 15.2 Å². The summed E-state index contributed by atoms with van der Waals surface area (Å²) in [7, 11) is 0. The first-order chi connectivity index (χ1) is 17.7. The van der Waals surface area contributed by atoms with Crippen LogP contribution in [0.25, 0.3) is 0 Å². The van der Waals surface area contributed by atoms with Crippen LogP contribution in [0.2, 0.25) is 5.02 Å². The zero-order valence-corrected chi connectivity index (χ0v) is 23.4. The van der Waals surface area contributed by atoms with E-state index in [1.165, 1.54) is 12.3 Å². The number of rotatable bonds is 5. The summed E-state index contributed by atoms with van der Waals surface area (Å²) in [5.41, 5.74) is -0.218. The van der Waals surface area contributed by atoms with Crippen molar-refractivity contribution in [3.8, 4) is 5.75 Å². The first kappa shape index (κ1) is 29.0. The third kappa shape index (κ3) is 8.79. The molecule has 1 aliphatic heterocycles. The first-order valence-corrected chi connectivity index (χ1v) is 12.7. The minimum atomic E-state index is -0.613. The van der Waals surface area contributed by atoms with Crippen LogP contribution in [0.5, 0.6) is 5.75 Å². The summed E-state index contributed by atoms with van der Waals surface area (Å²) >= 11 is 6.47. The van der Waals surface area contributed by atoms with E-state index in [4.69, 9.17) is 25.8 Å². The Balaban J connectivity index is 1.56. The molecule has 38 heavy (non-hydrogen) atoms. The number of ether oxygens (including phenoxy) is 3. The molecule has 11 heteroatoms. The van der Waals surface area contributed by atoms with Gasteiger partial charge >= 0.3 is 18.2 Å². The number of hydrogen-bond acceptors (Lipinski definition) is 8. The van der Waals surface area contributed by atoms with E-state index >= 15 is 0 Å². The van der Waals surface area contributed by atoms with Crippen LogP contribution in [0.1, 0.15) is 57.5 Å². The lowest BCUT2D eigenvalue weighted by molar-refractivity contribution is 0.0239. The van der Waals surface area contributed by atoms with Crippen molar-refractivity contribution < 1.29 is 28.6 Å². The number of pyridine rings is 1. The van der Waals surface area contributed by atoms with Crippen molar-refractivity contribution >= 4 is 35.6 Å². The number of esters is 1. The third-order valence-electron chi connectivity index (χ3n) is 5.23. The van der Waals surface area contributed by atoms with Gasteiger partial charge in [0.1, 0.15) is 22.8 Å². The number of amides is 2. The van der Waals surface area contributed by atoms with E-state index < -0.39 is 23.3 Å². The molecule has 0 unspecified atom stereocenters. The van der Waals surface area contributed by atoms with E-state index in [0.717, 1.165) is 5.56 Å². The van der Waals surface area contributed by atoms with Crippen LogP contribution in [-0.4, -0.2) is 65.4 Å². The quantitative estimate of drug-likeness (QED) is 0.410. The third-order valence-corrected chi connectivity index (χ3v) is 5.51. The van der Waals surface area contributed by atoms with E-state index in [2.05, 4.69) is 10.3 Å². The zero-order chi connectivity index (χ0) is 28.1. The molecule has 0 atom stereocenters. The van der Waals surface area contributed by atoms with Crippen molar-refractivity contribution in [1.29, 1.82) is 0 Å². The molecular formula is C27H35ClN4O6. The van der Waals surface area contributed by atoms with Crippen molar-refractivity contribution in [3.63, 3.8) is 0 Å². The minimum absolute atomic E-state index is 0.198. The molecule has 1 aromatic heterocycles. The maximum atomic E-state index is 12.7. The number of halogens is 1. The Labute approximate surface area is 228 Å². The van der Waals surface area contributed by atoms with Gasteiger partial charge in [-0.15, -0.1) is 0 Å². The smallest absolute Gasteiger partial charge is 0.410 e. The second-order valence-corrected chi connectivity index (χ2v) is 11.3. The van der Waals surface area contributed by atoms with Gasteiger partial charge in [0.15, 0.2) is 0 Å². The van der Waals surface area contributed by atoms with Gasteiger partial charge in [-0.1, -0.05) is 23.7 Å². The molecule has 0 spiro atoms. The molecule has 1 aromatic carbocycles. The standard InChI is InChI=1S/C27H35ClN4O6/c1-26(2,3)37-24(34)30-16-18-8-7-9-20(14-18)36-23(33)19-15-21(28)22(29-17-19)31-10-12-32(13-11-31)25(35)38-27(4,5)6/h7-9,14-15,17H,10-13,16H2,1-6H3,(H,30,34). The number of anilines is 1. The number of benzene rings is 1. The molecule has 1 aliphatic rings. The van der Waals surface area contributed by atoms with Crippen LogP contribution >= 0.6 is 11.6 Å². The number of nitrogens with zero attached hydrogens (tertiary/aromatic N) is 3. The largest absolute Gasteiger partial charge is 0.444 e. The number of carbonyl (C=O) groups excluding carboxylic acids is 3. The summed E-state index contributed by atoms with van der Waals surface area (Å²) in [6, 6.07) is 8.33. The summed E-state index contributed by atoms with van der Waals surface area (Å²) in [5, 5.41) is 2.97. The van der Waals surface area contributed by atoms with Crippen molar-refractivity contribution in [2.24, 2.45) is 0 Å². The lowest BCUT2D eigenvalue weighted by Crippen LogP contribution is -2.50. The van der Waals surface area contributed by atoms with E-state index in [1.54, 1.807) is 49.9 Å². The Morgan fingerprint density at radius 3 is 2.24 bits per heavy atom. The van der Waals surface area contributed by atoms with Gasteiger partial charge in [-0.05, 0) is 65.3 Å². The Morgan fingerprint density at radius 1 is 0.974 bits per heavy atom. The highest BCUT2D eigenvalue weighted by Crippen LogP contribution is 2.26. The second kappa shape index (κ2) is 11.9. The Kier molecular flexibility index (Phi) is 9.09. The van der Waals surface area contributed by atoms with E-state index in [9.17, 15) is 14.4 Å². The number of hydrogen-bond donors (Lipinski definition) is 1. The summed E-state index contributed by atoms with van der Waals surface area (Å²) in [6.07, 6.45) is 0.531. The highest BCUT2D eigenvalue weighted by molar-refractivity contribution is 6.33. The molecule has 2 amide bonds. The second-order valence-electron chi connectivity index (χ2n) is 10.9. The Morgan fingerprint density at radius 2 is 1.63 bits per heavy atom. The van der Waals surface area contributed by atoms with Crippen LogP contribution in [-0.2, 0) is 16.0 Å². The zero-order valence-electron chi connectivity index (χ0n) is 22.7. The predicted octanol–water partition coefficient (Wildman–Crippen LogP) is 5.04. The topological polar surface area (TPSA) is 110 Å². The molecular weight excluding hydrogens is 512 g/mol. The number of nitrogens with one attached hydrogen (secondary N) is 1. The summed E-state index contributed by atoms with van der Waals surface area (Å²) < 4.78 is 16.2. The molecule has 1 N–H and O–H groups in total. The van der Waals surface area contributed by atoms with Crippen molar-refractivity contribution in [2.75, 3.05) is 31.1 Å². The lowest BCUT2D eigenvalue weighted by Gasteiger charge is -2.36. The van der Waals surface area contributed by atoms with Crippen LogP contribution in [0.15, 0.2) is 36.5 Å². The van der Waals surface area contributed by atoms with Gasteiger partial charge in [0.05, 0.1) is 10.6 Å². The van der Waals surface area contributed by atoms with Gasteiger partial charge in [0.2, 0.25) is 0 Å². The molecule has 0 aliphatic carbocycles. The highest BCUT2D eigenvalue weighted by atomic mass is 35.5. The normalized spacial score (nSPS) is 14.1. The number of alkyl carbamates (subject to hydrolysis) is 1. The molecule has 0 bridgehead atoms.